The van der Waals surface area contributed by atoms with Crippen molar-refractivity contribution < 1.29 is 9.53 Å². The summed E-state index contributed by atoms with van der Waals surface area (Å²) in [5, 5.41) is 1.10. The minimum atomic E-state index is -0.217. The highest BCUT2D eigenvalue weighted by Gasteiger charge is 2.17. The number of unbranched alkanes of at least 4 members (excludes halogenated alkanes) is 1. The van der Waals surface area contributed by atoms with Crippen LogP contribution in [0, 0.1) is 0 Å². The van der Waals surface area contributed by atoms with E-state index in [-0.39, 0.29) is 5.97 Å². The van der Waals surface area contributed by atoms with E-state index in [2.05, 4.69) is 64.6 Å². The zero-order chi connectivity index (χ0) is 27.8. The molecule has 0 radical (unpaired) electrons. The van der Waals surface area contributed by atoms with Crippen LogP contribution in [0.1, 0.15) is 50.9 Å². The number of para-hydroxylation sites is 1. The van der Waals surface area contributed by atoms with Gasteiger partial charge < -0.3 is 19.9 Å². The minimum absolute atomic E-state index is 0.217. The molecular weight excluding hydrogens is 488 g/mol. The third-order valence-electron chi connectivity index (χ3n) is 7.01. The molecule has 0 aliphatic heterocycles. The molecule has 39 heavy (non-hydrogen) atoms. The van der Waals surface area contributed by atoms with E-state index in [0.717, 1.165) is 86.2 Å². The Balaban J connectivity index is 1.53. The van der Waals surface area contributed by atoms with Crippen molar-refractivity contribution in [1.82, 2.24) is 24.3 Å². The summed E-state index contributed by atoms with van der Waals surface area (Å²) in [6.07, 6.45) is 4.49. The largest absolute Gasteiger partial charge is 0.427 e. The van der Waals surface area contributed by atoms with E-state index in [1.54, 1.807) is 6.92 Å². The normalized spacial score (nSPS) is 11.7. The molecule has 4 aromatic rings. The number of imidazole rings is 1. The summed E-state index contributed by atoms with van der Waals surface area (Å²) in [6.45, 7) is 8.61. The van der Waals surface area contributed by atoms with Crippen LogP contribution in [0.15, 0.2) is 48.5 Å². The predicted molar refractivity (Wildman–Crippen MR) is 159 cm³/mol. The Morgan fingerprint density at radius 2 is 1.74 bits per heavy atom. The lowest BCUT2D eigenvalue weighted by Crippen LogP contribution is -2.32. The van der Waals surface area contributed by atoms with Crippen molar-refractivity contribution in [1.29, 1.82) is 0 Å². The van der Waals surface area contributed by atoms with Gasteiger partial charge in [0.05, 0.1) is 11.0 Å². The number of anilines is 1. The summed E-state index contributed by atoms with van der Waals surface area (Å²) in [6, 6.07) is 16.1. The van der Waals surface area contributed by atoms with Gasteiger partial charge in [0.15, 0.2) is 5.82 Å². The van der Waals surface area contributed by atoms with E-state index in [9.17, 15) is 4.79 Å². The van der Waals surface area contributed by atoms with Gasteiger partial charge in [-0.3, -0.25) is 9.69 Å². The van der Waals surface area contributed by atoms with Crippen molar-refractivity contribution in [3.63, 3.8) is 0 Å². The van der Waals surface area contributed by atoms with Gasteiger partial charge in [0.2, 0.25) is 0 Å². The number of likely N-dealkylation sites (N-methyl/N-ethyl adjacent to an activating group) is 1. The van der Waals surface area contributed by atoms with E-state index < -0.39 is 0 Å². The molecule has 0 aliphatic carbocycles. The predicted octanol–water partition coefficient (Wildman–Crippen LogP) is 5.28. The number of carbonyl (C=O) groups excluding carboxylic acids is 1. The molecule has 0 bridgehead atoms. The van der Waals surface area contributed by atoms with Crippen LogP contribution in [0.25, 0.3) is 21.9 Å². The number of fused-ring (bicyclic) bond motifs is 3. The van der Waals surface area contributed by atoms with Crippen LogP contribution < -0.4 is 10.5 Å². The first-order valence-electron chi connectivity index (χ1n) is 14.1. The number of esters is 1. The van der Waals surface area contributed by atoms with Gasteiger partial charge in [-0.2, -0.15) is 0 Å². The molecule has 0 unspecified atom stereocenters. The molecule has 0 spiro atoms. The Labute approximate surface area is 231 Å². The number of hydrogen-bond donors (Lipinski definition) is 1. The molecule has 0 fully saturated rings. The third-order valence-corrected chi connectivity index (χ3v) is 7.01. The maximum absolute atomic E-state index is 11.6. The quantitative estimate of drug-likeness (QED) is 0.175. The van der Waals surface area contributed by atoms with Crippen molar-refractivity contribution in [3.8, 4) is 5.75 Å². The van der Waals surface area contributed by atoms with Crippen LogP contribution in [-0.2, 0) is 24.3 Å². The summed E-state index contributed by atoms with van der Waals surface area (Å²) >= 11 is 0. The van der Waals surface area contributed by atoms with Crippen molar-refractivity contribution in [3.05, 3.63) is 59.9 Å². The van der Waals surface area contributed by atoms with Crippen LogP contribution in [0.3, 0.4) is 0 Å². The molecule has 0 atom stereocenters. The van der Waals surface area contributed by atoms with E-state index in [4.69, 9.17) is 15.5 Å². The van der Waals surface area contributed by atoms with E-state index in [1.807, 2.05) is 24.3 Å². The first kappa shape index (κ1) is 28.5. The molecule has 2 heterocycles. The van der Waals surface area contributed by atoms with Crippen molar-refractivity contribution in [2.75, 3.05) is 39.5 Å². The van der Waals surface area contributed by atoms with E-state index in [0.29, 0.717) is 18.0 Å². The number of aryl methyl sites for hydroxylation is 2. The van der Waals surface area contributed by atoms with Gasteiger partial charge in [-0.1, -0.05) is 50.6 Å². The van der Waals surface area contributed by atoms with Crippen LogP contribution >= 0.6 is 0 Å². The van der Waals surface area contributed by atoms with Gasteiger partial charge in [-0.05, 0) is 50.7 Å². The highest BCUT2D eigenvalue weighted by molar-refractivity contribution is 6.06. The number of nitrogens with two attached hydrogens (primary N) is 1. The molecule has 0 saturated heterocycles. The van der Waals surface area contributed by atoms with E-state index >= 15 is 0 Å². The summed E-state index contributed by atoms with van der Waals surface area (Å²) in [5.74, 6) is 1.97. The first-order chi connectivity index (χ1) is 18.9. The molecule has 0 aliphatic rings. The van der Waals surface area contributed by atoms with Crippen molar-refractivity contribution in [2.24, 2.45) is 0 Å². The number of aromatic nitrogens is 3. The molecule has 0 amide bonds. The summed E-state index contributed by atoms with van der Waals surface area (Å²) in [4.78, 5) is 25.9. The molecule has 8 nitrogen and oxygen atoms in total. The lowest BCUT2D eigenvalue weighted by atomic mass is 10.1. The smallest absolute Gasteiger partial charge is 0.310 e. The fourth-order valence-corrected chi connectivity index (χ4v) is 4.86. The zero-order valence-corrected chi connectivity index (χ0v) is 23.8. The molecule has 2 aromatic carbocycles. The molecule has 0 saturated carbocycles. The topological polar surface area (TPSA) is 89.5 Å². The monoisotopic (exact) mass is 530 g/mol. The number of nitrogens with zero attached hydrogens (tertiary/aromatic N) is 5. The SMILES string of the molecule is CCCCc1nc2c(N)nc3ccccc3c2n1CCCN(CCN(C)C)Cc1ccc(OC(=O)CC)cc1. The molecule has 2 aromatic heterocycles. The van der Waals surface area contributed by atoms with Gasteiger partial charge in [0.25, 0.3) is 0 Å². The number of ether oxygens (including phenoxy) is 1. The van der Waals surface area contributed by atoms with Crippen LogP contribution in [0.5, 0.6) is 5.75 Å². The second-order valence-corrected chi connectivity index (χ2v) is 10.4. The minimum Gasteiger partial charge on any atom is -0.427 e. The number of rotatable bonds is 14. The summed E-state index contributed by atoms with van der Waals surface area (Å²) in [5.41, 5.74) is 10.4. The van der Waals surface area contributed by atoms with Gasteiger partial charge in [-0.15, -0.1) is 0 Å². The number of nitrogen functional groups attached to an aromatic ring is 1. The Kier molecular flexibility index (Phi) is 9.90. The second kappa shape index (κ2) is 13.5. The van der Waals surface area contributed by atoms with Crippen molar-refractivity contribution >= 4 is 33.7 Å². The van der Waals surface area contributed by atoms with Crippen LogP contribution in [0.2, 0.25) is 0 Å². The van der Waals surface area contributed by atoms with Gasteiger partial charge in [0.1, 0.15) is 17.1 Å². The first-order valence-corrected chi connectivity index (χ1v) is 14.1. The highest BCUT2D eigenvalue weighted by Crippen LogP contribution is 2.29. The van der Waals surface area contributed by atoms with Gasteiger partial charge in [0, 0.05) is 51.0 Å². The lowest BCUT2D eigenvalue weighted by Gasteiger charge is -2.24. The number of carbonyl (C=O) groups is 1. The summed E-state index contributed by atoms with van der Waals surface area (Å²) in [7, 11) is 4.21. The van der Waals surface area contributed by atoms with Crippen molar-refractivity contribution in [2.45, 2.75) is 59.0 Å². The Bertz CT molecular complexity index is 1380. The Morgan fingerprint density at radius 3 is 2.46 bits per heavy atom. The molecule has 8 heteroatoms. The summed E-state index contributed by atoms with van der Waals surface area (Å²) < 4.78 is 7.72. The van der Waals surface area contributed by atoms with Gasteiger partial charge >= 0.3 is 5.97 Å². The molecule has 208 valence electrons. The van der Waals surface area contributed by atoms with Crippen LogP contribution in [0.4, 0.5) is 5.82 Å². The highest BCUT2D eigenvalue weighted by atomic mass is 16.5. The van der Waals surface area contributed by atoms with Crippen LogP contribution in [-0.4, -0.2) is 64.0 Å². The molecular formula is C31H42N6O2. The zero-order valence-electron chi connectivity index (χ0n) is 23.8. The standard InChI is InChI=1S/C31H42N6O2/c1-5-7-13-27-34-29-30(25-11-8-9-12-26(25)33-31(29)32)37(27)19-10-18-36(21-20-35(3)4)22-23-14-16-24(17-15-23)39-28(38)6-2/h8-9,11-12,14-17H,5-7,10,13,18-22H2,1-4H3,(H2,32,33). The van der Waals surface area contributed by atoms with Gasteiger partial charge in [-0.25, -0.2) is 9.97 Å². The molecule has 2 N–H and O–H groups in total. The average molecular weight is 531 g/mol. The number of hydrogen-bond acceptors (Lipinski definition) is 7. The Morgan fingerprint density at radius 1 is 0.974 bits per heavy atom. The fraction of sp³-hybridized carbons (Fsp3) is 0.452. The number of pyridine rings is 1. The Hall–Kier alpha value is -3.49. The third kappa shape index (κ3) is 7.34. The lowest BCUT2D eigenvalue weighted by molar-refractivity contribution is -0.134. The average Bonchev–Trinajstić information content (AvgIpc) is 3.30. The maximum atomic E-state index is 11.6. The maximum Gasteiger partial charge on any atom is 0.310 e. The van der Waals surface area contributed by atoms with E-state index in [1.165, 1.54) is 5.56 Å². The number of benzene rings is 2. The molecule has 4 rings (SSSR count). The fourth-order valence-electron chi connectivity index (χ4n) is 4.86. The second-order valence-electron chi connectivity index (χ2n) is 10.4.